The number of nitrogens with one attached hydrogen (secondary N) is 1. The Labute approximate surface area is 111 Å². The van der Waals surface area contributed by atoms with Gasteiger partial charge >= 0.3 is 0 Å². The minimum atomic E-state index is 0.531. The molecular weight excluding hydrogens is 244 g/mol. The molecule has 0 aliphatic heterocycles. The number of hydrogen-bond donors (Lipinski definition) is 2. The normalized spacial score (nSPS) is 10.1. The molecule has 0 fully saturated rings. The van der Waals surface area contributed by atoms with E-state index >= 15 is 0 Å². The van der Waals surface area contributed by atoms with Crippen LogP contribution in [0.2, 0.25) is 0 Å². The van der Waals surface area contributed by atoms with Gasteiger partial charge in [0.2, 0.25) is 0 Å². The van der Waals surface area contributed by atoms with Crippen molar-refractivity contribution in [1.29, 1.82) is 0 Å². The van der Waals surface area contributed by atoms with Gasteiger partial charge in [0.05, 0.1) is 19.8 Å². The van der Waals surface area contributed by atoms with Crippen molar-refractivity contribution in [2.24, 2.45) is 5.84 Å². The van der Waals surface area contributed by atoms with Gasteiger partial charge in [0, 0.05) is 11.8 Å². The fourth-order valence-electron chi connectivity index (χ4n) is 1.83. The first-order chi connectivity index (χ1) is 9.19. The first kappa shape index (κ1) is 13.1. The van der Waals surface area contributed by atoms with Crippen molar-refractivity contribution in [2.45, 2.75) is 6.92 Å². The summed E-state index contributed by atoms with van der Waals surface area (Å²) in [4.78, 5) is 8.72. The molecule has 19 heavy (non-hydrogen) atoms. The second kappa shape index (κ2) is 5.53. The van der Waals surface area contributed by atoms with E-state index in [1.807, 2.05) is 25.1 Å². The van der Waals surface area contributed by atoms with Gasteiger partial charge in [0.1, 0.15) is 5.82 Å². The number of ether oxygens (including phenoxy) is 2. The van der Waals surface area contributed by atoms with Crippen LogP contribution in [-0.2, 0) is 0 Å². The lowest BCUT2D eigenvalue weighted by Crippen LogP contribution is -2.10. The summed E-state index contributed by atoms with van der Waals surface area (Å²) in [6.45, 7) is 1.87. The van der Waals surface area contributed by atoms with E-state index in [4.69, 9.17) is 15.3 Å². The largest absolute Gasteiger partial charge is 0.493 e. The van der Waals surface area contributed by atoms with Crippen molar-refractivity contribution < 1.29 is 9.47 Å². The molecule has 0 aliphatic rings. The van der Waals surface area contributed by atoms with Gasteiger partial charge in [0.15, 0.2) is 17.3 Å². The number of aromatic nitrogens is 2. The Bertz CT molecular complexity index is 587. The molecule has 1 heterocycles. The molecule has 0 saturated carbocycles. The fourth-order valence-corrected chi connectivity index (χ4v) is 1.83. The third kappa shape index (κ3) is 2.58. The molecule has 3 N–H and O–H groups in total. The lowest BCUT2D eigenvalue weighted by molar-refractivity contribution is 0.356. The molecule has 1 aromatic heterocycles. The van der Waals surface area contributed by atoms with E-state index in [-0.39, 0.29) is 0 Å². The van der Waals surface area contributed by atoms with Crippen molar-refractivity contribution in [3.05, 3.63) is 30.0 Å². The highest BCUT2D eigenvalue weighted by molar-refractivity contribution is 5.69. The number of benzene rings is 1. The van der Waals surface area contributed by atoms with Gasteiger partial charge in [-0.2, -0.15) is 0 Å². The van der Waals surface area contributed by atoms with E-state index in [9.17, 15) is 0 Å². The smallest absolute Gasteiger partial charge is 0.171 e. The molecule has 0 radical (unpaired) electrons. The van der Waals surface area contributed by atoms with Crippen LogP contribution < -0.4 is 20.7 Å². The van der Waals surface area contributed by atoms with Crippen molar-refractivity contribution in [1.82, 2.24) is 9.97 Å². The standard InChI is InChI=1S/C13H16N4O2/c1-8-7-11(17-14)16-13(15-8)9-5-4-6-10(18-2)12(9)19-3/h4-7H,14H2,1-3H3,(H,15,16,17). The van der Waals surface area contributed by atoms with Crippen LogP contribution in [0.15, 0.2) is 24.3 Å². The van der Waals surface area contributed by atoms with Gasteiger partial charge in [0.25, 0.3) is 0 Å². The molecule has 0 spiro atoms. The van der Waals surface area contributed by atoms with Crippen LogP contribution in [-0.4, -0.2) is 24.2 Å². The van der Waals surface area contributed by atoms with Gasteiger partial charge in [-0.15, -0.1) is 0 Å². The highest BCUT2D eigenvalue weighted by Crippen LogP contribution is 2.36. The van der Waals surface area contributed by atoms with Crippen LogP contribution in [0.25, 0.3) is 11.4 Å². The fraction of sp³-hybridized carbons (Fsp3) is 0.231. The van der Waals surface area contributed by atoms with Crippen LogP contribution >= 0.6 is 0 Å². The van der Waals surface area contributed by atoms with E-state index < -0.39 is 0 Å². The monoisotopic (exact) mass is 260 g/mol. The number of hydrogen-bond acceptors (Lipinski definition) is 6. The first-order valence-corrected chi connectivity index (χ1v) is 5.73. The number of aryl methyl sites for hydroxylation is 1. The molecular formula is C13H16N4O2. The Morgan fingerprint density at radius 1 is 1.16 bits per heavy atom. The second-order valence-corrected chi connectivity index (χ2v) is 3.90. The highest BCUT2D eigenvalue weighted by atomic mass is 16.5. The summed E-state index contributed by atoms with van der Waals surface area (Å²) >= 11 is 0. The van der Waals surface area contributed by atoms with E-state index in [1.165, 1.54) is 0 Å². The number of para-hydroxylation sites is 1. The summed E-state index contributed by atoms with van der Waals surface area (Å²) in [6, 6.07) is 7.31. The zero-order chi connectivity index (χ0) is 13.8. The predicted molar refractivity (Wildman–Crippen MR) is 73.1 cm³/mol. The Balaban J connectivity index is 2.61. The van der Waals surface area contributed by atoms with Crippen LogP contribution in [0.4, 0.5) is 5.82 Å². The highest BCUT2D eigenvalue weighted by Gasteiger charge is 2.14. The summed E-state index contributed by atoms with van der Waals surface area (Å²) in [5.41, 5.74) is 4.08. The Morgan fingerprint density at radius 3 is 2.58 bits per heavy atom. The summed E-state index contributed by atoms with van der Waals surface area (Å²) in [5.74, 6) is 7.70. The third-order valence-corrected chi connectivity index (χ3v) is 2.65. The van der Waals surface area contributed by atoms with Gasteiger partial charge < -0.3 is 14.9 Å². The Kier molecular flexibility index (Phi) is 3.82. The number of anilines is 1. The van der Waals surface area contributed by atoms with Gasteiger partial charge in [-0.25, -0.2) is 15.8 Å². The van der Waals surface area contributed by atoms with Gasteiger partial charge in [-0.3, -0.25) is 0 Å². The van der Waals surface area contributed by atoms with Crippen LogP contribution in [0.1, 0.15) is 5.69 Å². The maximum atomic E-state index is 5.40. The van der Waals surface area contributed by atoms with Gasteiger partial charge in [-0.05, 0) is 19.1 Å². The summed E-state index contributed by atoms with van der Waals surface area (Å²) in [7, 11) is 3.17. The maximum Gasteiger partial charge on any atom is 0.171 e. The first-order valence-electron chi connectivity index (χ1n) is 5.73. The third-order valence-electron chi connectivity index (χ3n) is 2.65. The molecule has 0 atom stereocenters. The minimum Gasteiger partial charge on any atom is -0.493 e. The van der Waals surface area contributed by atoms with Crippen molar-refractivity contribution in [3.8, 4) is 22.9 Å². The second-order valence-electron chi connectivity index (χ2n) is 3.90. The average molecular weight is 260 g/mol. The van der Waals surface area contributed by atoms with Crippen molar-refractivity contribution in [2.75, 3.05) is 19.6 Å². The van der Waals surface area contributed by atoms with Gasteiger partial charge in [-0.1, -0.05) is 6.07 Å². The molecule has 0 amide bonds. The van der Waals surface area contributed by atoms with Crippen molar-refractivity contribution >= 4 is 5.82 Å². The number of rotatable bonds is 4. The lowest BCUT2D eigenvalue weighted by atomic mass is 10.1. The number of nitrogens with two attached hydrogens (primary N) is 1. The number of nitrogens with zero attached hydrogens (tertiary/aromatic N) is 2. The molecule has 0 unspecified atom stereocenters. The zero-order valence-corrected chi connectivity index (χ0v) is 11.1. The topological polar surface area (TPSA) is 82.3 Å². The lowest BCUT2D eigenvalue weighted by Gasteiger charge is -2.12. The average Bonchev–Trinajstić information content (AvgIpc) is 2.45. The van der Waals surface area contributed by atoms with Crippen molar-refractivity contribution in [3.63, 3.8) is 0 Å². The summed E-state index contributed by atoms with van der Waals surface area (Å²) in [6.07, 6.45) is 0. The minimum absolute atomic E-state index is 0.531. The summed E-state index contributed by atoms with van der Waals surface area (Å²) in [5, 5.41) is 0. The molecule has 1 aromatic carbocycles. The molecule has 6 heteroatoms. The molecule has 0 aliphatic carbocycles. The molecule has 6 nitrogen and oxygen atoms in total. The van der Waals surface area contributed by atoms with E-state index in [2.05, 4.69) is 15.4 Å². The van der Waals surface area contributed by atoms with Crippen LogP contribution in [0, 0.1) is 6.92 Å². The molecule has 100 valence electrons. The maximum absolute atomic E-state index is 5.40. The van der Waals surface area contributed by atoms with E-state index in [0.717, 1.165) is 11.3 Å². The molecule has 2 rings (SSSR count). The molecule has 0 bridgehead atoms. The number of hydrazine groups is 1. The number of nitrogen functional groups attached to an aromatic ring is 1. The molecule has 0 saturated heterocycles. The van der Waals surface area contributed by atoms with E-state index in [1.54, 1.807) is 20.3 Å². The SMILES string of the molecule is COc1cccc(-c2nc(C)cc(NN)n2)c1OC. The Morgan fingerprint density at radius 2 is 1.95 bits per heavy atom. The quantitative estimate of drug-likeness (QED) is 0.644. The summed E-state index contributed by atoms with van der Waals surface area (Å²) < 4.78 is 10.6. The molecule has 2 aromatic rings. The predicted octanol–water partition coefficient (Wildman–Crippen LogP) is 1.75. The zero-order valence-electron chi connectivity index (χ0n) is 11.1. The Hall–Kier alpha value is -2.34. The van der Waals surface area contributed by atoms with E-state index in [0.29, 0.717) is 23.1 Å². The van der Waals surface area contributed by atoms with Crippen LogP contribution in [0.3, 0.4) is 0 Å². The number of methoxy groups -OCH3 is 2. The van der Waals surface area contributed by atoms with Crippen LogP contribution in [0.5, 0.6) is 11.5 Å².